The molecule has 8 heteroatoms. The predicted molar refractivity (Wildman–Crippen MR) is 155 cm³/mol. The van der Waals surface area contributed by atoms with Crippen LogP contribution in [0.15, 0.2) is 75.9 Å². The number of aryl methyl sites for hydroxylation is 2. The van der Waals surface area contributed by atoms with E-state index in [-0.39, 0.29) is 48.1 Å². The van der Waals surface area contributed by atoms with Gasteiger partial charge in [0.15, 0.2) is 0 Å². The van der Waals surface area contributed by atoms with E-state index in [1.54, 1.807) is 21.6 Å². The van der Waals surface area contributed by atoms with Gasteiger partial charge in [0.25, 0.3) is 11.5 Å². The molecular weight excluding hydrogens is 507 g/mol. The standard InChI is InChI=1S/C32H33FN4O3/c1-19(2)28(36(15-14-34)31(38)23-10-8-20(3)9-11-23)30-35-27-25-17-24(33)12-13-26(25)40-29(27)32(39)37(30)18-22-7-5-6-21(4)16-22/h5-13,16-17,19,28H,14-15,18,34H2,1-4H3. The molecule has 0 aliphatic rings. The van der Waals surface area contributed by atoms with Crippen molar-refractivity contribution < 1.29 is 13.6 Å². The van der Waals surface area contributed by atoms with Crippen molar-refractivity contribution in [2.75, 3.05) is 13.1 Å². The van der Waals surface area contributed by atoms with Gasteiger partial charge >= 0.3 is 0 Å². The topological polar surface area (TPSA) is 94.4 Å². The number of carbonyl (C=O) groups excluding carboxylic acids is 1. The summed E-state index contributed by atoms with van der Waals surface area (Å²) < 4.78 is 21.7. The van der Waals surface area contributed by atoms with Gasteiger partial charge in [-0.3, -0.25) is 14.2 Å². The Hall–Kier alpha value is -4.30. The van der Waals surface area contributed by atoms with Crippen molar-refractivity contribution in [2.45, 2.75) is 40.3 Å². The second kappa shape index (κ2) is 11.1. The Bertz CT molecular complexity index is 1750. The molecule has 2 aromatic heterocycles. The largest absolute Gasteiger partial charge is 0.448 e. The van der Waals surface area contributed by atoms with E-state index in [0.29, 0.717) is 22.4 Å². The summed E-state index contributed by atoms with van der Waals surface area (Å²) in [6.45, 7) is 8.63. The summed E-state index contributed by atoms with van der Waals surface area (Å²) in [7, 11) is 0. The highest BCUT2D eigenvalue weighted by Crippen LogP contribution is 2.32. The third-order valence-electron chi connectivity index (χ3n) is 7.15. The molecule has 5 rings (SSSR count). The lowest BCUT2D eigenvalue weighted by Gasteiger charge is -2.35. The van der Waals surface area contributed by atoms with Crippen molar-refractivity contribution in [3.63, 3.8) is 0 Å². The van der Waals surface area contributed by atoms with E-state index < -0.39 is 11.9 Å². The van der Waals surface area contributed by atoms with Crippen LogP contribution in [0.4, 0.5) is 4.39 Å². The Kier molecular flexibility index (Phi) is 7.54. The third kappa shape index (κ3) is 5.14. The highest BCUT2D eigenvalue weighted by atomic mass is 19.1. The second-order valence-electron chi connectivity index (χ2n) is 10.6. The van der Waals surface area contributed by atoms with Crippen molar-refractivity contribution in [3.05, 3.63) is 111 Å². The van der Waals surface area contributed by atoms with Crippen molar-refractivity contribution in [1.82, 2.24) is 14.5 Å². The normalized spacial score (nSPS) is 12.4. The number of rotatable bonds is 8. The average Bonchev–Trinajstić information content (AvgIpc) is 3.28. The molecule has 0 fully saturated rings. The van der Waals surface area contributed by atoms with Gasteiger partial charge in [0.05, 0.1) is 12.6 Å². The maximum Gasteiger partial charge on any atom is 0.297 e. The van der Waals surface area contributed by atoms with E-state index in [2.05, 4.69) is 0 Å². The molecule has 0 aliphatic heterocycles. The number of nitrogens with two attached hydrogens (primary N) is 1. The zero-order valence-corrected chi connectivity index (χ0v) is 23.1. The molecule has 0 radical (unpaired) electrons. The molecule has 40 heavy (non-hydrogen) atoms. The van der Waals surface area contributed by atoms with Gasteiger partial charge < -0.3 is 15.1 Å². The number of furan rings is 1. The maximum atomic E-state index is 14.3. The number of nitrogens with zero attached hydrogens (tertiary/aromatic N) is 3. The molecule has 206 valence electrons. The number of hydrogen-bond donors (Lipinski definition) is 1. The van der Waals surface area contributed by atoms with E-state index >= 15 is 0 Å². The first-order valence-corrected chi connectivity index (χ1v) is 13.4. The quantitative estimate of drug-likeness (QED) is 0.271. The van der Waals surface area contributed by atoms with E-state index in [4.69, 9.17) is 15.1 Å². The fraction of sp³-hybridized carbons (Fsp3) is 0.281. The Morgan fingerprint density at radius 3 is 2.48 bits per heavy atom. The Labute approximate surface area is 232 Å². The summed E-state index contributed by atoms with van der Waals surface area (Å²) in [4.78, 5) is 34.7. The fourth-order valence-corrected chi connectivity index (χ4v) is 5.25. The average molecular weight is 541 g/mol. The van der Waals surface area contributed by atoms with Crippen LogP contribution in [0.3, 0.4) is 0 Å². The summed E-state index contributed by atoms with van der Waals surface area (Å²) in [6.07, 6.45) is 0. The Morgan fingerprint density at radius 1 is 1.05 bits per heavy atom. The van der Waals surface area contributed by atoms with E-state index in [1.807, 2.05) is 64.1 Å². The number of carbonyl (C=O) groups is 1. The van der Waals surface area contributed by atoms with Gasteiger partial charge in [-0.1, -0.05) is 61.4 Å². The maximum absolute atomic E-state index is 14.3. The first kappa shape index (κ1) is 27.3. The van der Waals surface area contributed by atoms with Crippen LogP contribution in [0.5, 0.6) is 0 Å². The Morgan fingerprint density at radius 2 is 1.80 bits per heavy atom. The van der Waals surface area contributed by atoms with Gasteiger partial charge in [0.1, 0.15) is 22.7 Å². The summed E-state index contributed by atoms with van der Waals surface area (Å²) in [5.41, 5.74) is 9.85. The van der Waals surface area contributed by atoms with Gasteiger partial charge in [-0.05, 0) is 55.7 Å². The zero-order valence-electron chi connectivity index (χ0n) is 23.1. The lowest BCUT2D eigenvalue weighted by Crippen LogP contribution is -2.43. The third-order valence-corrected chi connectivity index (χ3v) is 7.15. The molecule has 0 saturated heterocycles. The van der Waals surface area contributed by atoms with Crippen LogP contribution in [0.25, 0.3) is 22.1 Å². The lowest BCUT2D eigenvalue weighted by molar-refractivity contribution is 0.0612. The summed E-state index contributed by atoms with van der Waals surface area (Å²) >= 11 is 0. The smallest absolute Gasteiger partial charge is 0.297 e. The number of benzene rings is 3. The van der Waals surface area contributed by atoms with E-state index in [1.165, 1.54) is 18.2 Å². The molecule has 2 N–H and O–H groups in total. The number of aromatic nitrogens is 2. The summed E-state index contributed by atoms with van der Waals surface area (Å²) in [5.74, 6) is -0.398. The molecule has 1 atom stereocenters. The van der Waals surface area contributed by atoms with Crippen molar-refractivity contribution in [3.8, 4) is 0 Å². The molecule has 0 aliphatic carbocycles. The van der Waals surface area contributed by atoms with Crippen molar-refractivity contribution in [2.24, 2.45) is 11.7 Å². The predicted octanol–water partition coefficient (Wildman–Crippen LogP) is 5.75. The molecule has 1 amide bonds. The summed E-state index contributed by atoms with van der Waals surface area (Å²) in [6, 6.07) is 18.8. The minimum absolute atomic E-state index is 0.0507. The highest BCUT2D eigenvalue weighted by Gasteiger charge is 2.33. The molecule has 3 aromatic carbocycles. The molecule has 7 nitrogen and oxygen atoms in total. The van der Waals surface area contributed by atoms with Gasteiger partial charge in [-0.15, -0.1) is 0 Å². The minimum atomic E-state index is -0.599. The monoisotopic (exact) mass is 540 g/mol. The molecule has 0 spiro atoms. The summed E-state index contributed by atoms with van der Waals surface area (Å²) in [5, 5.41) is 0.411. The van der Waals surface area contributed by atoms with Gasteiger partial charge in [0.2, 0.25) is 5.58 Å². The molecule has 5 aromatic rings. The van der Waals surface area contributed by atoms with Crippen LogP contribution in [-0.2, 0) is 6.54 Å². The Balaban J connectivity index is 1.77. The van der Waals surface area contributed by atoms with Gasteiger partial charge in [0, 0.05) is 24.0 Å². The molecule has 0 saturated carbocycles. The number of amides is 1. The molecular formula is C32H33FN4O3. The van der Waals surface area contributed by atoms with Crippen LogP contribution in [0.2, 0.25) is 0 Å². The first-order chi connectivity index (χ1) is 19.2. The highest BCUT2D eigenvalue weighted by molar-refractivity contribution is 6.02. The van der Waals surface area contributed by atoms with Crippen LogP contribution in [-0.4, -0.2) is 33.4 Å². The first-order valence-electron chi connectivity index (χ1n) is 13.4. The van der Waals surface area contributed by atoms with Crippen molar-refractivity contribution >= 4 is 28.0 Å². The number of halogens is 1. The van der Waals surface area contributed by atoms with Crippen LogP contribution in [0.1, 0.15) is 52.8 Å². The van der Waals surface area contributed by atoms with Gasteiger partial charge in [-0.2, -0.15) is 0 Å². The molecule has 0 bridgehead atoms. The van der Waals surface area contributed by atoms with Crippen LogP contribution in [0, 0.1) is 25.6 Å². The van der Waals surface area contributed by atoms with Crippen molar-refractivity contribution in [1.29, 1.82) is 0 Å². The molecule has 1 unspecified atom stereocenters. The lowest BCUT2D eigenvalue weighted by atomic mass is 9.99. The minimum Gasteiger partial charge on any atom is -0.448 e. The fourth-order valence-electron chi connectivity index (χ4n) is 5.25. The molecule has 2 heterocycles. The van der Waals surface area contributed by atoms with E-state index in [0.717, 1.165) is 16.7 Å². The SMILES string of the molecule is Cc1ccc(C(=O)N(CCN)C(c2nc3c(oc4ccc(F)cc43)c(=O)n2Cc2cccc(C)c2)C(C)C)cc1. The number of hydrogen-bond acceptors (Lipinski definition) is 5. The van der Waals surface area contributed by atoms with Gasteiger partial charge in [-0.25, -0.2) is 9.37 Å². The second-order valence-corrected chi connectivity index (χ2v) is 10.6. The zero-order chi connectivity index (χ0) is 28.6. The van der Waals surface area contributed by atoms with Crippen LogP contribution < -0.4 is 11.3 Å². The van der Waals surface area contributed by atoms with E-state index in [9.17, 15) is 14.0 Å². The van der Waals surface area contributed by atoms with Crippen LogP contribution >= 0.6 is 0 Å². The number of fused-ring (bicyclic) bond motifs is 3.